The lowest BCUT2D eigenvalue weighted by molar-refractivity contribution is -0.119. The zero-order valence-electron chi connectivity index (χ0n) is 19.5. The Morgan fingerprint density at radius 3 is 1.88 bits per heavy atom. The molecule has 1 N–H and O–H groups in total. The minimum atomic E-state index is -3.45. The van der Waals surface area contributed by atoms with E-state index in [1.165, 1.54) is 0 Å². The van der Waals surface area contributed by atoms with Crippen LogP contribution in [0.5, 0.6) is 0 Å². The number of rotatable bonds is 10. The van der Waals surface area contributed by atoms with Gasteiger partial charge in [-0.25, -0.2) is 8.42 Å². The molecule has 0 radical (unpaired) electrons. The largest absolute Gasteiger partial charge is 0.359 e. The molecule has 0 aliphatic carbocycles. The first-order valence-electron chi connectivity index (χ1n) is 11.2. The van der Waals surface area contributed by atoms with Gasteiger partial charge >= 0.3 is 0 Å². The molecule has 3 rings (SSSR count). The first-order chi connectivity index (χ1) is 15.8. The molecule has 33 heavy (non-hydrogen) atoms. The quantitative estimate of drug-likeness (QED) is 0.476. The standard InChI is InChI=1S/C27H32N2O3S/c1-21(2)18-29(33(31,32)20-24-7-5-4-6-8-24)19-23-11-15-26(16-12-23)25-13-9-22(10-14-25)17-27(30)28-3/h4-16,21H,17-20H2,1-3H3,(H,28,30). The number of carbonyl (C=O) groups excluding carboxylic acids is 1. The van der Waals surface area contributed by atoms with Crippen LogP contribution in [0.2, 0.25) is 0 Å². The molecule has 0 spiro atoms. The second kappa shape index (κ2) is 11.3. The maximum Gasteiger partial charge on any atom is 0.224 e. The number of amides is 1. The lowest BCUT2D eigenvalue weighted by Gasteiger charge is -2.24. The molecule has 0 aliphatic rings. The normalized spacial score (nSPS) is 11.7. The second-order valence-corrected chi connectivity index (χ2v) is 10.6. The fraction of sp³-hybridized carbons (Fsp3) is 0.296. The van der Waals surface area contributed by atoms with Gasteiger partial charge in [0.15, 0.2) is 0 Å². The number of benzene rings is 3. The van der Waals surface area contributed by atoms with Crippen molar-refractivity contribution in [2.45, 2.75) is 32.6 Å². The Morgan fingerprint density at radius 2 is 1.36 bits per heavy atom. The molecule has 3 aromatic rings. The van der Waals surface area contributed by atoms with Gasteiger partial charge in [0, 0.05) is 20.1 Å². The van der Waals surface area contributed by atoms with Crippen LogP contribution in [0, 0.1) is 5.92 Å². The van der Waals surface area contributed by atoms with Crippen LogP contribution in [0.3, 0.4) is 0 Å². The minimum absolute atomic E-state index is 0.00104. The van der Waals surface area contributed by atoms with Gasteiger partial charge in [-0.15, -0.1) is 0 Å². The van der Waals surface area contributed by atoms with Crippen molar-refractivity contribution in [3.05, 3.63) is 95.6 Å². The third-order valence-electron chi connectivity index (χ3n) is 5.40. The van der Waals surface area contributed by atoms with Crippen molar-refractivity contribution in [3.63, 3.8) is 0 Å². The van der Waals surface area contributed by atoms with Gasteiger partial charge in [0.2, 0.25) is 15.9 Å². The van der Waals surface area contributed by atoms with E-state index < -0.39 is 10.0 Å². The van der Waals surface area contributed by atoms with E-state index >= 15 is 0 Å². The Morgan fingerprint density at radius 1 is 0.818 bits per heavy atom. The SMILES string of the molecule is CNC(=O)Cc1ccc(-c2ccc(CN(CC(C)C)S(=O)(=O)Cc3ccccc3)cc2)cc1. The van der Waals surface area contributed by atoms with Crippen LogP contribution in [0.25, 0.3) is 11.1 Å². The average Bonchev–Trinajstić information content (AvgIpc) is 2.80. The monoisotopic (exact) mass is 464 g/mol. The molecule has 3 aromatic carbocycles. The molecule has 1 amide bonds. The van der Waals surface area contributed by atoms with Gasteiger partial charge in [-0.3, -0.25) is 4.79 Å². The van der Waals surface area contributed by atoms with Gasteiger partial charge in [0.1, 0.15) is 0 Å². The molecule has 0 aromatic heterocycles. The Balaban J connectivity index is 1.73. The second-order valence-electron chi connectivity index (χ2n) is 8.67. The lowest BCUT2D eigenvalue weighted by atomic mass is 10.0. The highest BCUT2D eigenvalue weighted by Gasteiger charge is 2.23. The molecular weight excluding hydrogens is 432 g/mol. The van der Waals surface area contributed by atoms with Crippen LogP contribution < -0.4 is 5.32 Å². The van der Waals surface area contributed by atoms with E-state index in [2.05, 4.69) is 5.32 Å². The van der Waals surface area contributed by atoms with E-state index in [1.807, 2.05) is 92.7 Å². The molecule has 0 bridgehead atoms. The third-order valence-corrected chi connectivity index (χ3v) is 7.16. The fourth-order valence-corrected chi connectivity index (χ4v) is 5.32. The summed E-state index contributed by atoms with van der Waals surface area (Å²) < 4.78 is 27.9. The number of nitrogens with zero attached hydrogens (tertiary/aromatic N) is 1. The number of likely N-dealkylation sites (N-methyl/N-ethyl adjacent to an activating group) is 1. The van der Waals surface area contributed by atoms with Crippen LogP contribution in [-0.4, -0.2) is 32.2 Å². The van der Waals surface area contributed by atoms with Crippen molar-refractivity contribution >= 4 is 15.9 Å². The first kappa shape index (κ1) is 24.7. The summed E-state index contributed by atoms with van der Waals surface area (Å²) in [6.07, 6.45) is 0.360. The summed E-state index contributed by atoms with van der Waals surface area (Å²) >= 11 is 0. The molecule has 0 aliphatic heterocycles. The summed E-state index contributed by atoms with van der Waals surface area (Å²) in [7, 11) is -1.81. The zero-order chi connectivity index (χ0) is 23.8. The van der Waals surface area contributed by atoms with E-state index in [4.69, 9.17) is 0 Å². The van der Waals surface area contributed by atoms with Crippen molar-refractivity contribution in [1.29, 1.82) is 0 Å². The highest BCUT2D eigenvalue weighted by atomic mass is 32.2. The van der Waals surface area contributed by atoms with E-state index in [1.54, 1.807) is 11.4 Å². The van der Waals surface area contributed by atoms with Crippen LogP contribution >= 0.6 is 0 Å². The molecule has 6 heteroatoms. The predicted molar refractivity (Wildman–Crippen MR) is 134 cm³/mol. The minimum Gasteiger partial charge on any atom is -0.359 e. The van der Waals surface area contributed by atoms with E-state index in [-0.39, 0.29) is 17.6 Å². The Kier molecular flexibility index (Phi) is 8.42. The number of sulfonamides is 1. The Hall–Kier alpha value is -2.96. The van der Waals surface area contributed by atoms with Crippen LogP contribution in [0.1, 0.15) is 30.5 Å². The maximum absolute atomic E-state index is 13.2. The summed E-state index contributed by atoms with van der Waals surface area (Å²) in [5, 5.41) is 2.63. The van der Waals surface area contributed by atoms with E-state index in [0.29, 0.717) is 19.5 Å². The van der Waals surface area contributed by atoms with Crippen molar-refractivity contribution in [2.75, 3.05) is 13.6 Å². The topological polar surface area (TPSA) is 66.5 Å². The molecule has 0 fully saturated rings. The molecule has 5 nitrogen and oxygen atoms in total. The van der Waals surface area contributed by atoms with Gasteiger partial charge in [-0.1, -0.05) is 92.7 Å². The highest BCUT2D eigenvalue weighted by Crippen LogP contribution is 2.22. The Labute approximate surface area is 197 Å². The summed E-state index contributed by atoms with van der Waals surface area (Å²) in [6.45, 7) is 4.88. The Bertz CT molecular complexity index is 1140. The number of carbonyl (C=O) groups is 1. The van der Waals surface area contributed by atoms with Crippen LogP contribution in [0.15, 0.2) is 78.9 Å². The smallest absolute Gasteiger partial charge is 0.224 e. The van der Waals surface area contributed by atoms with Gasteiger partial charge < -0.3 is 5.32 Å². The van der Waals surface area contributed by atoms with Gasteiger partial charge in [0.25, 0.3) is 0 Å². The highest BCUT2D eigenvalue weighted by molar-refractivity contribution is 7.88. The van der Waals surface area contributed by atoms with Crippen molar-refractivity contribution in [3.8, 4) is 11.1 Å². The van der Waals surface area contributed by atoms with Crippen molar-refractivity contribution in [1.82, 2.24) is 9.62 Å². The molecule has 0 saturated carbocycles. The molecule has 0 unspecified atom stereocenters. The summed E-state index contributed by atoms with van der Waals surface area (Å²) in [4.78, 5) is 11.5. The molecule has 0 heterocycles. The summed E-state index contributed by atoms with van der Waals surface area (Å²) in [6, 6.07) is 25.2. The fourth-order valence-electron chi connectivity index (χ4n) is 3.65. The zero-order valence-corrected chi connectivity index (χ0v) is 20.3. The molecule has 0 atom stereocenters. The molecule has 0 saturated heterocycles. The van der Waals surface area contributed by atoms with Crippen LogP contribution in [0.4, 0.5) is 0 Å². The predicted octanol–water partition coefficient (Wildman–Crippen LogP) is 4.63. The number of nitrogens with one attached hydrogen (secondary N) is 1. The van der Waals surface area contributed by atoms with Gasteiger partial charge in [-0.2, -0.15) is 4.31 Å². The maximum atomic E-state index is 13.2. The molecule has 174 valence electrons. The van der Waals surface area contributed by atoms with Crippen molar-refractivity contribution in [2.24, 2.45) is 5.92 Å². The number of hydrogen-bond donors (Lipinski definition) is 1. The summed E-state index contributed by atoms with van der Waals surface area (Å²) in [5.74, 6) is 0.213. The summed E-state index contributed by atoms with van der Waals surface area (Å²) in [5.41, 5.74) is 4.81. The average molecular weight is 465 g/mol. The third kappa shape index (κ3) is 7.27. The van der Waals surface area contributed by atoms with E-state index in [9.17, 15) is 13.2 Å². The van der Waals surface area contributed by atoms with Crippen molar-refractivity contribution < 1.29 is 13.2 Å². The lowest BCUT2D eigenvalue weighted by Crippen LogP contribution is -2.34. The van der Waals surface area contributed by atoms with Gasteiger partial charge in [-0.05, 0) is 33.7 Å². The first-order valence-corrected chi connectivity index (χ1v) is 12.8. The molecular formula is C27H32N2O3S. The van der Waals surface area contributed by atoms with E-state index in [0.717, 1.165) is 27.8 Å². The van der Waals surface area contributed by atoms with Crippen LogP contribution in [-0.2, 0) is 33.5 Å². The number of hydrogen-bond acceptors (Lipinski definition) is 3. The van der Waals surface area contributed by atoms with Gasteiger partial charge in [0.05, 0.1) is 12.2 Å².